The van der Waals surface area contributed by atoms with Crippen LogP contribution >= 0.6 is 0 Å². The van der Waals surface area contributed by atoms with E-state index < -0.39 is 15.7 Å². The Bertz CT molecular complexity index is 1300. The molecule has 34 heavy (non-hydrogen) atoms. The maximum Gasteiger partial charge on any atom is 1.00 e. The maximum absolute atomic E-state index is 13.3. The van der Waals surface area contributed by atoms with Gasteiger partial charge in [0.1, 0.15) is 16.4 Å². The van der Waals surface area contributed by atoms with E-state index in [0.29, 0.717) is 38.9 Å². The molecule has 3 aromatic carbocycles. The van der Waals surface area contributed by atoms with Crippen LogP contribution in [0.1, 0.15) is 78.5 Å². The molecule has 5 nitrogen and oxygen atoms in total. The molecule has 0 saturated heterocycles. The third-order valence-corrected chi connectivity index (χ3v) is 7.88. The number of rotatable bonds is 4. The summed E-state index contributed by atoms with van der Waals surface area (Å²) in [6.45, 7) is 11.6. The summed E-state index contributed by atoms with van der Waals surface area (Å²) in [4.78, 5) is 0.127. The standard InChI is InChI=1S/C27H30O5S.Na/c1-15(2)19-13-22(17(5)11-24(19)28)27(21-9-7-8-10-26(21)33(30,31)32-27)23-14-20(16(3)4)25(29)12-18(23)6;/h7-16,28-29H,1-6H3;/q;+1. The van der Waals surface area contributed by atoms with E-state index in [2.05, 4.69) is 0 Å². The zero-order chi connectivity index (χ0) is 24.3. The smallest absolute Gasteiger partial charge is 0.508 e. The van der Waals surface area contributed by atoms with E-state index in [-0.39, 0.29) is 57.8 Å². The van der Waals surface area contributed by atoms with Crippen LogP contribution in [0.5, 0.6) is 11.5 Å². The Morgan fingerprint density at radius 1 is 0.765 bits per heavy atom. The van der Waals surface area contributed by atoms with Gasteiger partial charge in [-0.3, -0.25) is 0 Å². The molecule has 174 valence electrons. The van der Waals surface area contributed by atoms with Crippen LogP contribution < -0.4 is 29.6 Å². The van der Waals surface area contributed by atoms with Crippen molar-refractivity contribution in [3.05, 3.63) is 87.5 Å². The van der Waals surface area contributed by atoms with E-state index in [1.54, 1.807) is 36.4 Å². The van der Waals surface area contributed by atoms with Crippen LogP contribution in [0.3, 0.4) is 0 Å². The molecular weight excluding hydrogens is 459 g/mol. The van der Waals surface area contributed by atoms with Gasteiger partial charge in [0.05, 0.1) is 0 Å². The van der Waals surface area contributed by atoms with Crippen molar-refractivity contribution in [3.63, 3.8) is 0 Å². The first-order valence-corrected chi connectivity index (χ1v) is 12.5. The Balaban J connectivity index is 0.00000324. The van der Waals surface area contributed by atoms with E-state index >= 15 is 0 Å². The zero-order valence-electron chi connectivity index (χ0n) is 20.8. The molecule has 7 heteroatoms. The Hall–Kier alpha value is -1.83. The summed E-state index contributed by atoms with van der Waals surface area (Å²) >= 11 is 0. The number of benzene rings is 3. The van der Waals surface area contributed by atoms with Gasteiger partial charge in [-0.15, -0.1) is 0 Å². The summed E-state index contributed by atoms with van der Waals surface area (Å²) in [6.07, 6.45) is 0. The Labute approximate surface area is 224 Å². The summed E-state index contributed by atoms with van der Waals surface area (Å²) < 4.78 is 32.7. The summed E-state index contributed by atoms with van der Waals surface area (Å²) in [5.74, 6) is 0.366. The van der Waals surface area contributed by atoms with Crippen LogP contribution in [0.15, 0.2) is 53.4 Å². The van der Waals surface area contributed by atoms with Crippen LogP contribution in [-0.4, -0.2) is 18.6 Å². The topological polar surface area (TPSA) is 83.8 Å². The molecule has 0 amide bonds. The van der Waals surface area contributed by atoms with Crippen LogP contribution in [0, 0.1) is 13.8 Å². The molecule has 0 spiro atoms. The molecule has 0 aromatic heterocycles. The minimum Gasteiger partial charge on any atom is -0.508 e. The molecule has 0 aliphatic carbocycles. The van der Waals surface area contributed by atoms with Gasteiger partial charge in [-0.1, -0.05) is 45.9 Å². The quantitative estimate of drug-likeness (QED) is 0.435. The predicted octanol–water partition coefficient (Wildman–Crippen LogP) is 2.98. The van der Waals surface area contributed by atoms with Gasteiger partial charge in [-0.25, -0.2) is 4.18 Å². The molecule has 1 aliphatic heterocycles. The van der Waals surface area contributed by atoms with Crippen LogP contribution in [0.25, 0.3) is 0 Å². The molecule has 0 fully saturated rings. The second-order valence-electron chi connectivity index (χ2n) is 9.48. The summed E-state index contributed by atoms with van der Waals surface area (Å²) in [6, 6.07) is 13.9. The second kappa shape index (κ2) is 9.32. The van der Waals surface area contributed by atoms with Crippen molar-refractivity contribution >= 4 is 10.1 Å². The van der Waals surface area contributed by atoms with Gasteiger partial charge in [-0.05, 0) is 89.4 Å². The van der Waals surface area contributed by atoms with Gasteiger partial charge < -0.3 is 10.2 Å². The van der Waals surface area contributed by atoms with Crippen molar-refractivity contribution in [3.8, 4) is 11.5 Å². The first-order chi connectivity index (χ1) is 15.4. The summed E-state index contributed by atoms with van der Waals surface area (Å²) in [5.41, 5.74) is 3.23. The van der Waals surface area contributed by atoms with E-state index in [1.807, 2.05) is 53.7 Å². The first-order valence-electron chi connectivity index (χ1n) is 11.1. The first kappa shape index (κ1) is 26.8. The predicted molar refractivity (Wildman–Crippen MR) is 128 cm³/mol. The molecule has 0 bridgehead atoms. The third-order valence-electron chi connectivity index (χ3n) is 6.52. The number of phenolic OH excluding ortho intramolecular Hbond substituents is 2. The van der Waals surface area contributed by atoms with Crippen molar-refractivity contribution in [2.75, 3.05) is 0 Å². The van der Waals surface area contributed by atoms with Crippen LogP contribution in [-0.2, 0) is 19.9 Å². The van der Waals surface area contributed by atoms with E-state index in [9.17, 15) is 18.6 Å². The molecule has 4 rings (SSSR count). The molecule has 1 heterocycles. The van der Waals surface area contributed by atoms with Crippen molar-refractivity contribution in [2.45, 2.75) is 63.9 Å². The second-order valence-corrected chi connectivity index (χ2v) is 11.0. The maximum atomic E-state index is 13.3. The molecule has 0 atom stereocenters. The molecule has 0 radical (unpaired) electrons. The van der Waals surface area contributed by atoms with Crippen LogP contribution in [0.4, 0.5) is 0 Å². The zero-order valence-corrected chi connectivity index (χ0v) is 23.6. The molecule has 0 saturated carbocycles. The van der Waals surface area contributed by atoms with E-state index in [1.165, 1.54) is 0 Å². The van der Waals surface area contributed by atoms with Gasteiger partial charge in [0, 0.05) is 5.56 Å². The molecule has 0 unspecified atom stereocenters. The Kier molecular flexibility index (Phi) is 7.34. The van der Waals surface area contributed by atoms with Crippen LogP contribution in [0.2, 0.25) is 0 Å². The summed E-state index contributed by atoms with van der Waals surface area (Å²) in [5, 5.41) is 21.2. The number of hydrogen-bond donors (Lipinski definition) is 2. The van der Waals surface area contributed by atoms with Gasteiger partial charge in [0.25, 0.3) is 10.1 Å². The normalized spacial score (nSPS) is 15.9. The van der Waals surface area contributed by atoms with Crippen molar-refractivity contribution in [1.29, 1.82) is 0 Å². The van der Waals surface area contributed by atoms with E-state index in [4.69, 9.17) is 4.18 Å². The fraction of sp³-hybridized carbons (Fsp3) is 0.333. The molecule has 1 aliphatic rings. The van der Waals surface area contributed by atoms with Gasteiger partial charge in [0.15, 0.2) is 5.60 Å². The summed E-state index contributed by atoms with van der Waals surface area (Å²) in [7, 11) is -4.05. The number of fused-ring (bicyclic) bond motifs is 1. The van der Waals surface area contributed by atoms with E-state index in [0.717, 1.165) is 0 Å². The average molecular weight is 490 g/mol. The minimum absolute atomic E-state index is 0. The van der Waals surface area contributed by atoms with Gasteiger partial charge in [-0.2, -0.15) is 8.42 Å². The Morgan fingerprint density at radius 2 is 1.21 bits per heavy atom. The third kappa shape index (κ3) is 4.10. The number of phenols is 2. The van der Waals surface area contributed by atoms with Crippen molar-refractivity contribution in [1.82, 2.24) is 0 Å². The molecule has 2 N–H and O–H groups in total. The number of aromatic hydroxyl groups is 2. The van der Waals surface area contributed by atoms with Crippen molar-refractivity contribution in [2.24, 2.45) is 0 Å². The Morgan fingerprint density at radius 3 is 1.65 bits per heavy atom. The van der Waals surface area contributed by atoms with Gasteiger partial charge in [0.2, 0.25) is 0 Å². The van der Waals surface area contributed by atoms with Gasteiger partial charge >= 0.3 is 29.6 Å². The molecular formula is C27H30NaO5S+. The average Bonchev–Trinajstić information content (AvgIpc) is 2.96. The monoisotopic (exact) mass is 489 g/mol. The fourth-order valence-corrected chi connectivity index (χ4v) is 6.27. The van der Waals surface area contributed by atoms with Crippen molar-refractivity contribution < 1.29 is 52.4 Å². The fourth-order valence-electron chi connectivity index (χ4n) is 4.86. The number of aryl methyl sites for hydroxylation is 2. The molecule has 3 aromatic rings. The largest absolute Gasteiger partial charge is 1.00 e. The number of hydrogen-bond acceptors (Lipinski definition) is 5. The minimum atomic E-state index is -4.05. The SMILES string of the molecule is Cc1cc(O)c(C(C)C)cc1C1(c2cc(C(C)C)c(O)cc2C)OS(=O)(=O)c2ccccc21.[Na+].